The fourth-order valence-electron chi connectivity index (χ4n) is 3.17. The lowest BCUT2D eigenvalue weighted by molar-refractivity contribution is -0.125. The molecule has 0 bridgehead atoms. The van der Waals surface area contributed by atoms with Gasteiger partial charge in [0.05, 0.1) is 30.3 Å². The number of hydrogen-bond acceptors (Lipinski definition) is 6. The first-order valence-electron chi connectivity index (χ1n) is 9.38. The molecule has 0 aromatic heterocycles. The van der Waals surface area contributed by atoms with E-state index in [2.05, 4.69) is 10.6 Å². The maximum atomic E-state index is 12.5. The fraction of sp³-hybridized carbons (Fsp3) is 0.500. The van der Waals surface area contributed by atoms with Gasteiger partial charge in [0.15, 0.2) is 0 Å². The molecule has 0 saturated carbocycles. The summed E-state index contributed by atoms with van der Waals surface area (Å²) in [5.74, 6) is -1.25. The molecule has 1 saturated heterocycles. The molecule has 0 radical (unpaired) electrons. The first-order valence-corrected chi connectivity index (χ1v) is 11.0. The Bertz CT molecular complexity index is 882. The molecular weight excluding hydrogens is 400 g/mol. The van der Waals surface area contributed by atoms with Crippen molar-refractivity contribution in [2.75, 3.05) is 55.4 Å². The number of morpholine rings is 1. The van der Waals surface area contributed by atoms with Crippen molar-refractivity contribution in [3.63, 3.8) is 0 Å². The Morgan fingerprint density at radius 2 is 1.86 bits per heavy atom. The normalized spacial score (nSPS) is 17.4. The van der Waals surface area contributed by atoms with Crippen LogP contribution in [0.4, 0.5) is 11.4 Å². The van der Waals surface area contributed by atoms with Gasteiger partial charge in [-0.25, -0.2) is 8.42 Å². The van der Waals surface area contributed by atoms with Gasteiger partial charge >= 0.3 is 0 Å². The van der Waals surface area contributed by atoms with E-state index in [-0.39, 0.29) is 43.5 Å². The number of sulfonamides is 1. The van der Waals surface area contributed by atoms with Gasteiger partial charge in [-0.15, -0.1) is 0 Å². The maximum Gasteiger partial charge on any atom is 0.244 e. The molecule has 0 spiro atoms. The van der Waals surface area contributed by atoms with Crippen molar-refractivity contribution >= 4 is 39.1 Å². The molecule has 0 atom stereocenters. The highest BCUT2D eigenvalue weighted by molar-refractivity contribution is 7.89. The van der Waals surface area contributed by atoms with Gasteiger partial charge in [0.1, 0.15) is 6.54 Å². The molecule has 29 heavy (non-hydrogen) atoms. The molecule has 2 N–H and O–H groups in total. The number of ether oxygens (including phenoxy) is 1. The largest absolute Gasteiger partial charge is 0.379 e. The van der Waals surface area contributed by atoms with Crippen LogP contribution in [0.1, 0.15) is 12.8 Å². The smallest absolute Gasteiger partial charge is 0.244 e. The highest BCUT2D eigenvalue weighted by atomic mass is 32.2. The standard InChI is InChI=1S/C18H24N4O6S/c23-16(19-7-12-29(26,27)21-8-10-28-11-9-21)5-6-18(25)22-13-17(24)20-14-3-1-2-4-15(14)22/h1-4H,5-13H2,(H,19,23)(H,20,24). The van der Waals surface area contributed by atoms with Crippen molar-refractivity contribution in [2.24, 2.45) is 0 Å². The van der Waals surface area contributed by atoms with Gasteiger partial charge in [0.25, 0.3) is 0 Å². The van der Waals surface area contributed by atoms with Crippen LogP contribution in [0.2, 0.25) is 0 Å². The summed E-state index contributed by atoms with van der Waals surface area (Å²) in [4.78, 5) is 37.7. The summed E-state index contributed by atoms with van der Waals surface area (Å²) in [5, 5.41) is 5.24. The lowest BCUT2D eigenvalue weighted by Crippen LogP contribution is -2.44. The van der Waals surface area contributed by atoms with E-state index in [0.717, 1.165) is 0 Å². The Labute approximate surface area is 169 Å². The Kier molecular flexibility index (Phi) is 6.83. The number of nitrogens with one attached hydrogen (secondary N) is 2. The number of anilines is 2. The third-order valence-electron chi connectivity index (χ3n) is 4.68. The second-order valence-corrected chi connectivity index (χ2v) is 8.81. The van der Waals surface area contributed by atoms with Crippen molar-refractivity contribution in [1.29, 1.82) is 0 Å². The topological polar surface area (TPSA) is 125 Å². The van der Waals surface area contributed by atoms with Crippen LogP contribution in [-0.4, -0.2) is 75.6 Å². The van der Waals surface area contributed by atoms with Crippen LogP contribution in [0.15, 0.2) is 24.3 Å². The molecule has 158 valence electrons. The number of benzene rings is 1. The van der Waals surface area contributed by atoms with Gasteiger partial charge in [0, 0.05) is 32.5 Å². The van der Waals surface area contributed by atoms with Crippen LogP contribution in [0.5, 0.6) is 0 Å². The van der Waals surface area contributed by atoms with Gasteiger partial charge in [-0.2, -0.15) is 4.31 Å². The molecule has 2 aliphatic rings. The van der Waals surface area contributed by atoms with Gasteiger partial charge < -0.3 is 20.3 Å². The molecule has 1 fully saturated rings. The van der Waals surface area contributed by atoms with E-state index in [0.29, 0.717) is 37.7 Å². The lowest BCUT2D eigenvalue weighted by atomic mass is 10.1. The summed E-state index contributed by atoms with van der Waals surface area (Å²) in [5.41, 5.74) is 1.14. The summed E-state index contributed by atoms with van der Waals surface area (Å²) >= 11 is 0. The minimum Gasteiger partial charge on any atom is -0.379 e. The third kappa shape index (κ3) is 5.52. The quantitative estimate of drug-likeness (QED) is 0.610. The average Bonchev–Trinajstić information content (AvgIpc) is 2.72. The minimum absolute atomic E-state index is 0.0261. The predicted octanol–water partition coefficient (Wildman–Crippen LogP) is -0.470. The Morgan fingerprint density at radius 3 is 2.62 bits per heavy atom. The van der Waals surface area contributed by atoms with E-state index in [1.54, 1.807) is 24.3 Å². The van der Waals surface area contributed by atoms with Gasteiger partial charge in [-0.05, 0) is 12.1 Å². The predicted molar refractivity (Wildman–Crippen MR) is 106 cm³/mol. The Morgan fingerprint density at radius 1 is 1.14 bits per heavy atom. The number of carbonyl (C=O) groups is 3. The monoisotopic (exact) mass is 424 g/mol. The Hall–Kier alpha value is -2.50. The van der Waals surface area contributed by atoms with Crippen LogP contribution >= 0.6 is 0 Å². The van der Waals surface area contributed by atoms with Crippen LogP contribution in [-0.2, 0) is 29.1 Å². The molecule has 3 amide bonds. The van der Waals surface area contributed by atoms with E-state index in [4.69, 9.17) is 4.74 Å². The highest BCUT2D eigenvalue weighted by Crippen LogP contribution is 2.29. The van der Waals surface area contributed by atoms with E-state index in [1.165, 1.54) is 9.21 Å². The molecular formula is C18H24N4O6S. The van der Waals surface area contributed by atoms with Gasteiger partial charge in [-0.3, -0.25) is 14.4 Å². The van der Waals surface area contributed by atoms with Crippen molar-refractivity contribution < 1.29 is 27.5 Å². The summed E-state index contributed by atoms with van der Waals surface area (Å²) in [6, 6.07) is 6.95. The zero-order chi connectivity index (χ0) is 20.9. The zero-order valence-electron chi connectivity index (χ0n) is 15.9. The van der Waals surface area contributed by atoms with Crippen molar-refractivity contribution in [3.05, 3.63) is 24.3 Å². The molecule has 1 aromatic carbocycles. The number of carbonyl (C=O) groups excluding carboxylic acids is 3. The number of para-hydroxylation sites is 2. The first kappa shape index (κ1) is 21.2. The average molecular weight is 424 g/mol. The summed E-state index contributed by atoms with van der Waals surface area (Å²) < 4.78 is 30.9. The molecule has 0 aliphatic carbocycles. The van der Waals surface area contributed by atoms with E-state index in [1.807, 2.05) is 0 Å². The van der Waals surface area contributed by atoms with Crippen molar-refractivity contribution in [2.45, 2.75) is 12.8 Å². The Balaban J connectivity index is 1.45. The summed E-state index contributed by atoms with van der Waals surface area (Å²) in [6.45, 7) is 1.24. The fourth-order valence-corrected chi connectivity index (χ4v) is 4.50. The van der Waals surface area contributed by atoms with Crippen LogP contribution in [0.3, 0.4) is 0 Å². The van der Waals surface area contributed by atoms with Crippen LogP contribution in [0.25, 0.3) is 0 Å². The summed E-state index contributed by atoms with van der Waals surface area (Å²) in [6.07, 6.45) is -0.166. The number of nitrogens with zero attached hydrogens (tertiary/aromatic N) is 2. The second kappa shape index (κ2) is 9.33. The SMILES string of the molecule is O=C(CCC(=O)N1CC(=O)Nc2ccccc21)NCCS(=O)(=O)N1CCOCC1. The number of hydrogen-bond donors (Lipinski definition) is 2. The number of fused-ring (bicyclic) bond motifs is 1. The molecule has 0 unspecified atom stereocenters. The minimum atomic E-state index is -3.45. The van der Waals surface area contributed by atoms with Crippen molar-refractivity contribution in [3.8, 4) is 0 Å². The second-order valence-electron chi connectivity index (χ2n) is 6.72. The van der Waals surface area contributed by atoms with Crippen LogP contribution < -0.4 is 15.5 Å². The van der Waals surface area contributed by atoms with Gasteiger partial charge in [-0.1, -0.05) is 12.1 Å². The van der Waals surface area contributed by atoms with Gasteiger partial charge in [0.2, 0.25) is 27.7 Å². The third-order valence-corrected chi connectivity index (χ3v) is 6.56. The molecule has 10 nitrogen and oxygen atoms in total. The molecule has 2 aliphatic heterocycles. The molecule has 11 heteroatoms. The highest BCUT2D eigenvalue weighted by Gasteiger charge is 2.27. The van der Waals surface area contributed by atoms with E-state index < -0.39 is 15.9 Å². The molecule has 3 rings (SSSR count). The number of rotatable bonds is 7. The molecule has 1 aromatic rings. The summed E-state index contributed by atoms with van der Waals surface area (Å²) in [7, 11) is -3.45. The van der Waals surface area contributed by atoms with E-state index >= 15 is 0 Å². The lowest BCUT2D eigenvalue weighted by Gasteiger charge is -2.29. The van der Waals surface area contributed by atoms with E-state index in [9.17, 15) is 22.8 Å². The number of amides is 3. The van der Waals surface area contributed by atoms with Crippen LogP contribution in [0, 0.1) is 0 Å². The first-order chi connectivity index (χ1) is 13.9. The zero-order valence-corrected chi connectivity index (χ0v) is 16.7. The molecule has 2 heterocycles. The van der Waals surface area contributed by atoms with Crippen molar-refractivity contribution in [1.82, 2.24) is 9.62 Å². The maximum absolute atomic E-state index is 12.5.